The van der Waals surface area contributed by atoms with Gasteiger partial charge < -0.3 is 4.90 Å². The standard InChI is InChI=1S/C14H20N2O/c1-11(17)13-9-6-10-15-14(13)16(2)12-7-4-3-5-8-12/h6,9-10,12H,3-5,7-8H2,1-2H3. The molecule has 0 atom stereocenters. The van der Waals surface area contributed by atoms with E-state index in [4.69, 9.17) is 0 Å². The molecule has 0 bridgehead atoms. The average Bonchev–Trinajstić information content (AvgIpc) is 2.39. The van der Waals surface area contributed by atoms with Crippen LogP contribution in [0.3, 0.4) is 0 Å². The summed E-state index contributed by atoms with van der Waals surface area (Å²) in [6.07, 6.45) is 8.11. The lowest BCUT2D eigenvalue weighted by molar-refractivity contribution is 0.101. The molecule has 0 N–H and O–H groups in total. The van der Waals surface area contributed by atoms with Crippen LogP contribution in [0.1, 0.15) is 49.4 Å². The first-order chi connectivity index (χ1) is 8.20. The maximum absolute atomic E-state index is 11.6. The van der Waals surface area contributed by atoms with E-state index in [0.717, 1.165) is 11.4 Å². The third kappa shape index (κ3) is 2.65. The maximum Gasteiger partial charge on any atom is 0.163 e. The molecular formula is C14H20N2O. The Hall–Kier alpha value is -1.38. The molecule has 1 heterocycles. The predicted molar refractivity (Wildman–Crippen MR) is 69.5 cm³/mol. The van der Waals surface area contributed by atoms with E-state index in [9.17, 15) is 4.79 Å². The van der Waals surface area contributed by atoms with Crippen molar-refractivity contribution in [1.29, 1.82) is 0 Å². The van der Waals surface area contributed by atoms with E-state index in [2.05, 4.69) is 16.9 Å². The van der Waals surface area contributed by atoms with Gasteiger partial charge in [0.2, 0.25) is 0 Å². The lowest BCUT2D eigenvalue weighted by atomic mass is 9.94. The molecule has 0 spiro atoms. The molecule has 0 aromatic carbocycles. The Morgan fingerprint density at radius 1 is 1.35 bits per heavy atom. The second-order valence-corrected chi connectivity index (χ2v) is 4.83. The van der Waals surface area contributed by atoms with Gasteiger partial charge in [0.15, 0.2) is 5.78 Å². The summed E-state index contributed by atoms with van der Waals surface area (Å²) in [7, 11) is 2.06. The van der Waals surface area contributed by atoms with Gasteiger partial charge in [-0.15, -0.1) is 0 Å². The zero-order chi connectivity index (χ0) is 12.3. The quantitative estimate of drug-likeness (QED) is 0.751. The van der Waals surface area contributed by atoms with E-state index in [1.54, 1.807) is 13.1 Å². The number of ketones is 1. The van der Waals surface area contributed by atoms with Gasteiger partial charge in [0, 0.05) is 19.3 Å². The number of Topliss-reactive ketones (excluding diaryl/α,β-unsaturated/α-hetero) is 1. The largest absolute Gasteiger partial charge is 0.356 e. The van der Waals surface area contributed by atoms with Gasteiger partial charge in [-0.1, -0.05) is 19.3 Å². The Kier molecular flexibility index (Phi) is 3.77. The molecule has 1 aliphatic carbocycles. The minimum absolute atomic E-state index is 0.0933. The van der Waals surface area contributed by atoms with Crippen LogP contribution < -0.4 is 4.90 Å². The van der Waals surface area contributed by atoms with Crippen LogP contribution in [-0.2, 0) is 0 Å². The molecule has 1 aliphatic rings. The number of hydrogen-bond donors (Lipinski definition) is 0. The molecule has 1 aromatic heterocycles. The predicted octanol–water partition coefficient (Wildman–Crippen LogP) is 3.05. The first-order valence-electron chi connectivity index (χ1n) is 6.39. The lowest BCUT2D eigenvalue weighted by Crippen LogP contribution is -2.34. The highest BCUT2D eigenvalue weighted by molar-refractivity contribution is 5.98. The van der Waals surface area contributed by atoms with Crippen molar-refractivity contribution in [3.63, 3.8) is 0 Å². The summed E-state index contributed by atoms with van der Waals surface area (Å²) in [6, 6.07) is 4.23. The molecule has 0 aliphatic heterocycles. The maximum atomic E-state index is 11.6. The van der Waals surface area contributed by atoms with Crippen molar-refractivity contribution < 1.29 is 4.79 Å². The van der Waals surface area contributed by atoms with Gasteiger partial charge in [-0.2, -0.15) is 0 Å². The fraction of sp³-hybridized carbons (Fsp3) is 0.571. The van der Waals surface area contributed by atoms with Crippen molar-refractivity contribution in [2.75, 3.05) is 11.9 Å². The second kappa shape index (κ2) is 5.30. The fourth-order valence-electron chi connectivity index (χ4n) is 2.59. The zero-order valence-electron chi connectivity index (χ0n) is 10.6. The van der Waals surface area contributed by atoms with Crippen LogP contribution in [0.4, 0.5) is 5.82 Å². The van der Waals surface area contributed by atoms with E-state index >= 15 is 0 Å². The van der Waals surface area contributed by atoms with Gasteiger partial charge in [-0.3, -0.25) is 4.79 Å². The van der Waals surface area contributed by atoms with Crippen molar-refractivity contribution in [3.8, 4) is 0 Å². The summed E-state index contributed by atoms with van der Waals surface area (Å²) in [5, 5.41) is 0. The molecule has 0 unspecified atom stereocenters. The van der Waals surface area contributed by atoms with E-state index in [0.29, 0.717) is 6.04 Å². The van der Waals surface area contributed by atoms with Gasteiger partial charge in [0.1, 0.15) is 5.82 Å². The SMILES string of the molecule is CC(=O)c1cccnc1N(C)C1CCCCC1. The minimum atomic E-state index is 0.0933. The summed E-state index contributed by atoms with van der Waals surface area (Å²) in [4.78, 5) is 18.2. The minimum Gasteiger partial charge on any atom is -0.356 e. The van der Waals surface area contributed by atoms with Crippen LogP contribution in [0.2, 0.25) is 0 Å². The third-order valence-electron chi connectivity index (χ3n) is 3.62. The molecule has 0 saturated heterocycles. The Morgan fingerprint density at radius 3 is 2.71 bits per heavy atom. The molecule has 1 aromatic rings. The normalized spacial score (nSPS) is 16.8. The van der Waals surface area contributed by atoms with Gasteiger partial charge in [-0.25, -0.2) is 4.98 Å². The number of rotatable bonds is 3. The van der Waals surface area contributed by atoms with Crippen LogP contribution in [0, 0.1) is 0 Å². The fourth-order valence-corrected chi connectivity index (χ4v) is 2.59. The lowest BCUT2D eigenvalue weighted by Gasteiger charge is -2.32. The second-order valence-electron chi connectivity index (χ2n) is 4.83. The van der Waals surface area contributed by atoms with Crippen molar-refractivity contribution in [3.05, 3.63) is 23.9 Å². The number of hydrogen-bond acceptors (Lipinski definition) is 3. The Bertz CT molecular complexity index is 397. The monoisotopic (exact) mass is 232 g/mol. The molecular weight excluding hydrogens is 212 g/mol. The van der Waals surface area contributed by atoms with Crippen LogP contribution >= 0.6 is 0 Å². The number of pyridine rings is 1. The van der Waals surface area contributed by atoms with Crippen LogP contribution in [0.5, 0.6) is 0 Å². The van der Waals surface area contributed by atoms with E-state index in [1.807, 2.05) is 12.1 Å². The molecule has 1 fully saturated rings. The first kappa shape index (κ1) is 12.1. The highest BCUT2D eigenvalue weighted by Crippen LogP contribution is 2.26. The van der Waals surface area contributed by atoms with Gasteiger partial charge in [-0.05, 0) is 31.9 Å². The van der Waals surface area contributed by atoms with E-state index in [-0.39, 0.29) is 5.78 Å². The molecule has 17 heavy (non-hydrogen) atoms. The van der Waals surface area contributed by atoms with E-state index in [1.165, 1.54) is 32.1 Å². The first-order valence-corrected chi connectivity index (χ1v) is 6.39. The summed E-state index contributed by atoms with van der Waals surface area (Å²) in [5.74, 6) is 0.933. The van der Waals surface area contributed by atoms with Crippen molar-refractivity contribution in [2.45, 2.75) is 45.1 Å². The van der Waals surface area contributed by atoms with Crippen molar-refractivity contribution in [1.82, 2.24) is 4.98 Å². The molecule has 2 rings (SSSR count). The number of anilines is 1. The number of carbonyl (C=O) groups excluding carboxylic acids is 1. The summed E-state index contributed by atoms with van der Waals surface area (Å²) < 4.78 is 0. The smallest absolute Gasteiger partial charge is 0.163 e. The molecule has 3 nitrogen and oxygen atoms in total. The Labute approximate surface area is 103 Å². The van der Waals surface area contributed by atoms with Crippen LogP contribution in [0.25, 0.3) is 0 Å². The van der Waals surface area contributed by atoms with Gasteiger partial charge in [0.25, 0.3) is 0 Å². The topological polar surface area (TPSA) is 33.2 Å². The summed E-state index contributed by atoms with van der Waals surface area (Å²) in [6.45, 7) is 1.61. The molecule has 1 saturated carbocycles. The Morgan fingerprint density at radius 2 is 2.06 bits per heavy atom. The Balaban J connectivity index is 2.23. The molecule has 3 heteroatoms. The zero-order valence-corrected chi connectivity index (χ0v) is 10.6. The van der Waals surface area contributed by atoms with Crippen molar-refractivity contribution in [2.24, 2.45) is 0 Å². The number of carbonyl (C=O) groups is 1. The summed E-state index contributed by atoms with van der Waals surface area (Å²) >= 11 is 0. The summed E-state index contributed by atoms with van der Waals surface area (Å²) in [5.41, 5.74) is 0.737. The van der Waals surface area contributed by atoms with Crippen molar-refractivity contribution >= 4 is 11.6 Å². The average molecular weight is 232 g/mol. The van der Waals surface area contributed by atoms with E-state index < -0.39 is 0 Å². The number of nitrogens with zero attached hydrogens (tertiary/aromatic N) is 2. The third-order valence-corrected chi connectivity index (χ3v) is 3.62. The highest BCUT2D eigenvalue weighted by atomic mass is 16.1. The molecule has 0 amide bonds. The highest BCUT2D eigenvalue weighted by Gasteiger charge is 2.21. The molecule has 92 valence electrons. The molecule has 0 radical (unpaired) electrons. The van der Waals surface area contributed by atoms with Gasteiger partial charge >= 0.3 is 0 Å². The van der Waals surface area contributed by atoms with Crippen LogP contribution in [-0.4, -0.2) is 23.9 Å². The van der Waals surface area contributed by atoms with Crippen LogP contribution in [0.15, 0.2) is 18.3 Å². The van der Waals surface area contributed by atoms with Gasteiger partial charge in [0.05, 0.1) is 5.56 Å². The number of aromatic nitrogens is 1.